The van der Waals surface area contributed by atoms with Crippen LogP contribution in [0.2, 0.25) is 0 Å². The van der Waals surface area contributed by atoms with Gasteiger partial charge in [-0.05, 0) is 79.9 Å². The van der Waals surface area contributed by atoms with E-state index in [0.717, 1.165) is 29.4 Å². The summed E-state index contributed by atoms with van der Waals surface area (Å²) in [5.41, 5.74) is 3.59. The van der Waals surface area contributed by atoms with Gasteiger partial charge in [-0.3, -0.25) is 9.59 Å². The Labute approximate surface area is 202 Å². The molecule has 0 aliphatic carbocycles. The zero-order valence-electron chi connectivity index (χ0n) is 19.1. The van der Waals surface area contributed by atoms with Gasteiger partial charge < -0.3 is 19.9 Å². The first-order chi connectivity index (χ1) is 17.0. The van der Waals surface area contributed by atoms with E-state index >= 15 is 0 Å². The van der Waals surface area contributed by atoms with Gasteiger partial charge in [-0.2, -0.15) is 5.26 Å². The molecule has 1 unspecified atom stereocenters. The molecule has 8 heteroatoms. The maximum atomic E-state index is 13.0. The Hall–Kier alpha value is -4.64. The van der Waals surface area contributed by atoms with E-state index in [9.17, 15) is 9.59 Å². The third-order valence-electron chi connectivity index (χ3n) is 6.10. The molecule has 0 saturated carbocycles. The number of aryl methyl sites for hydroxylation is 1. The molecule has 1 saturated heterocycles. The highest BCUT2D eigenvalue weighted by Crippen LogP contribution is 2.32. The molecule has 0 radical (unpaired) electrons. The van der Waals surface area contributed by atoms with E-state index in [-0.39, 0.29) is 6.04 Å². The average molecular weight is 466 g/mol. The molecule has 8 nitrogen and oxygen atoms in total. The number of rotatable bonds is 4. The number of imidazole rings is 1. The Morgan fingerprint density at radius 3 is 2.63 bits per heavy atom. The van der Waals surface area contributed by atoms with Crippen molar-refractivity contribution in [3.8, 4) is 17.6 Å². The monoisotopic (exact) mass is 465 g/mol. The number of H-pyrrole nitrogens is 1. The van der Waals surface area contributed by atoms with Crippen LogP contribution in [0.25, 0.3) is 11.0 Å². The van der Waals surface area contributed by atoms with Gasteiger partial charge in [0.2, 0.25) is 0 Å². The van der Waals surface area contributed by atoms with E-state index in [4.69, 9.17) is 10.00 Å². The number of hydrogen-bond donors (Lipinski definition) is 2. The first-order valence-corrected chi connectivity index (χ1v) is 11.4. The number of nitrogens with one attached hydrogen (secondary N) is 2. The summed E-state index contributed by atoms with van der Waals surface area (Å²) in [7, 11) is 0. The van der Waals surface area contributed by atoms with E-state index in [1.165, 1.54) is 0 Å². The normalized spacial score (nSPS) is 15.1. The molecule has 4 aromatic rings. The Balaban J connectivity index is 1.27. The van der Waals surface area contributed by atoms with Crippen molar-refractivity contribution in [3.05, 3.63) is 83.7 Å². The summed E-state index contributed by atoms with van der Waals surface area (Å²) in [5.74, 6) is 0.620. The number of nitrogens with zero attached hydrogens (tertiary/aromatic N) is 3. The number of hydrogen-bond acceptors (Lipinski definition) is 5. The number of carbonyl (C=O) groups excluding carboxylic acids is 2. The van der Waals surface area contributed by atoms with Gasteiger partial charge >= 0.3 is 11.8 Å². The van der Waals surface area contributed by atoms with Crippen molar-refractivity contribution in [3.63, 3.8) is 0 Å². The van der Waals surface area contributed by atoms with Crippen LogP contribution in [0.3, 0.4) is 0 Å². The first-order valence-electron chi connectivity index (χ1n) is 11.4. The van der Waals surface area contributed by atoms with Crippen LogP contribution in [-0.4, -0.2) is 33.2 Å². The van der Waals surface area contributed by atoms with E-state index in [2.05, 4.69) is 21.4 Å². The van der Waals surface area contributed by atoms with Gasteiger partial charge in [-0.15, -0.1) is 0 Å². The largest absolute Gasteiger partial charge is 0.457 e. The minimum Gasteiger partial charge on any atom is -0.457 e. The number of aromatic amines is 1. The van der Waals surface area contributed by atoms with Gasteiger partial charge in [0, 0.05) is 12.2 Å². The van der Waals surface area contributed by atoms with Crippen LogP contribution in [0.5, 0.6) is 11.5 Å². The zero-order valence-corrected chi connectivity index (χ0v) is 19.1. The van der Waals surface area contributed by atoms with Crippen LogP contribution < -0.4 is 10.1 Å². The molecule has 2 N–H and O–H groups in total. The summed E-state index contributed by atoms with van der Waals surface area (Å²) in [6.07, 6.45) is 1.56. The molecule has 5 rings (SSSR count). The molecular formula is C27H23N5O3. The molecule has 174 valence electrons. The lowest BCUT2D eigenvalue weighted by Crippen LogP contribution is -2.39. The second-order valence-electron chi connectivity index (χ2n) is 8.46. The number of amides is 2. The maximum absolute atomic E-state index is 13.0. The van der Waals surface area contributed by atoms with E-state index in [0.29, 0.717) is 35.1 Å². The number of para-hydroxylation sites is 2. The fourth-order valence-corrected chi connectivity index (χ4v) is 4.30. The Bertz CT molecular complexity index is 1420. The summed E-state index contributed by atoms with van der Waals surface area (Å²) in [6.45, 7) is 2.34. The molecule has 1 aliphatic rings. The number of aromatic nitrogens is 2. The molecule has 1 fully saturated rings. The average Bonchev–Trinajstić information content (AvgIpc) is 3.52. The number of benzene rings is 3. The topological polar surface area (TPSA) is 111 Å². The Morgan fingerprint density at radius 1 is 1.11 bits per heavy atom. The van der Waals surface area contributed by atoms with Gasteiger partial charge in [0.25, 0.3) is 0 Å². The van der Waals surface area contributed by atoms with Crippen LogP contribution in [-0.2, 0) is 9.59 Å². The number of ether oxygens (including phenoxy) is 1. The van der Waals surface area contributed by atoms with Crippen molar-refractivity contribution < 1.29 is 14.3 Å². The molecule has 3 aromatic carbocycles. The van der Waals surface area contributed by atoms with E-state index in [1.54, 1.807) is 47.4 Å². The third-order valence-corrected chi connectivity index (χ3v) is 6.10. The molecule has 2 heterocycles. The SMILES string of the molecule is Cc1cc(Oc2ccc(C#N)cc2)ccc1NC(=O)C(=O)N1CCCC1c1nc2ccccc2[nH]1. The fourth-order valence-electron chi connectivity index (χ4n) is 4.30. The quantitative estimate of drug-likeness (QED) is 0.419. The predicted octanol–water partition coefficient (Wildman–Crippen LogP) is 4.84. The second kappa shape index (κ2) is 9.31. The van der Waals surface area contributed by atoms with E-state index < -0.39 is 11.8 Å². The highest BCUT2D eigenvalue weighted by molar-refractivity contribution is 6.39. The second-order valence-corrected chi connectivity index (χ2v) is 8.46. The van der Waals surface area contributed by atoms with Crippen molar-refractivity contribution in [2.45, 2.75) is 25.8 Å². The minimum atomic E-state index is -0.683. The van der Waals surface area contributed by atoms with Crippen molar-refractivity contribution >= 4 is 28.5 Å². The number of likely N-dealkylation sites (tertiary alicyclic amines) is 1. The van der Waals surface area contributed by atoms with Gasteiger partial charge in [-0.25, -0.2) is 4.98 Å². The van der Waals surface area contributed by atoms with Gasteiger partial charge in [0.05, 0.1) is 28.7 Å². The lowest BCUT2D eigenvalue weighted by Gasteiger charge is -2.22. The zero-order chi connectivity index (χ0) is 24.4. The molecule has 1 aliphatic heterocycles. The highest BCUT2D eigenvalue weighted by atomic mass is 16.5. The summed E-state index contributed by atoms with van der Waals surface area (Å²) < 4.78 is 5.83. The molecule has 35 heavy (non-hydrogen) atoms. The first kappa shape index (κ1) is 22.2. The lowest BCUT2D eigenvalue weighted by molar-refractivity contribution is -0.143. The smallest absolute Gasteiger partial charge is 0.313 e. The van der Waals surface area contributed by atoms with E-state index in [1.807, 2.05) is 31.2 Å². The summed E-state index contributed by atoms with van der Waals surface area (Å²) in [5, 5.41) is 11.7. The van der Waals surface area contributed by atoms with Crippen molar-refractivity contribution in [2.24, 2.45) is 0 Å². The van der Waals surface area contributed by atoms with Crippen molar-refractivity contribution in [2.75, 3.05) is 11.9 Å². The number of anilines is 1. The fraction of sp³-hybridized carbons (Fsp3) is 0.185. The maximum Gasteiger partial charge on any atom is 0.313 e. The molecule has 0 spiro atoms. The van der Waals surface area contributed by atoms with Crippen molar-refractivity contribution in [1.82, 2.24) is 14.9 Å². The molecule has 2 amide bonds. The lowest BCUT2D eigenvalue weighted by atomic mass is 10.2. The third kappa shape index (κ3) is 4.57. The summed E-state index contributed by atoms with van der Waals surface area (Å²) >= 11 is 0. The van der Waals surface area contributed by atoms with Gasteiger partial charge in [-0.1, -0.05) is 12.1 Å². The number of carbonyl (C=O) groups is 2. The minimum absolute atomic E-state index is 0.259. The van der Waals surface area contributed by atoms with Crippen LogP contribution >= 0.6 is 0 Å². The van der Waals surface area contributed by atoms with Crippen molar-refractivity contribution in [1.29, 1.82) is 5.26 Å². The molecule has 0 bridgehead atoms. The van der Waals surface area contributed by atoms with Crippen LogP contribution in [0.1, 0.15) is 35.8 Å². The predicted molar refractivity (Wildman–Crippen MR) is 131 cm³/mol. The van der Waals surface area contributed by atoms with Gasteiger partial charge in [0.15, 0.2) is 0 Å². The van der Waals surface area contributed by atoms with Crippen LogP contribution in [0.15, 0.2) is 66.7 Å². The van der Waals surface area contributed by atoms with Gasteiger partial charge in [0.1, 0.15) is 17.3 Å². The Kier molecular flexibility index (Phi) is 5.90. The van der Waals surface area contributed by atoms with Crippen LogP contribution in [0, 0.1) is 18.3 Å². The number of fused-ring (bicyclic) bond motifs is 1. The standard InChI is InChI=1S/C27H23N5O3/c1-17-15-20(35-19-10-8-18(16-28)9-11-19)12-13-21(17)31-26(33)27(34)32-14-4-7-24(32)25-29-22-5-2-3-6-23(22)30-25/h2-3,5-6,8-13,15,24H,4,7,14H2,1H3,(H,29,30)(H,31,33). The van der Waals surface area contributed by atoms with Crippen LogP contribution in [0.4, 0.5) is 5.69 Å². The molecule has 1 atom stereocenters. The Morgan fingerprint density at radius 2 is 1.89 bits per heavy atom. The summed E-state index contributed by atoms with van der Waals surface area (Å²) in [4.78, 5) is 35.4. The molecule has 1 aromatic heterocycles. The summed E-state index contributed by atoms with van der Waals surface area (Å²) in [6, 6.07) is 21.5. The highest BCUT2D eigenvalue weighted by Gasteiger charge is 2.35. The molecular weight excluding hydrogens is 442 g/mol. The number of nitriles is 1.